The van der Waals surface area contributed by atoms with Crippen molar-refractivity contribution < 1.29 is 4.79 Å². The average molecular weight is 305 g/mol. The third kappa shape index (κ3) is 3.69. The minimum atomic E-state index is -0.0409. The molecule has 1 N–H and O–H groups in total. The first-order valence-electron chi connectivity index (χ1n) is 7.57. The van der Waals surface area contributed by atoms with Crippen LogP contribution in [0.25, 0.3) is 0 Å². The summed E-state index contributed by atoms with van der Waals surface area (Å²) < 4.78 is 3.58. The van der Waals surface area contributed by atoms with Crippen LogP contribution in [0.4, 0.5) is 0 Å². The van der Waals surface area contributed by atoms with Crippen LogP contribution in [0.3, 0.4) is 0 Å². The number of tetrazole rings is 1. The number of aromatic nitrogens is 6. The van der Waals surface area contributed by atoms with Crippen molar-refractivity contribution in [2.24, 2.45) is 0 Å². The quantitative estimate of drug-likeness (QED) is 0.829. The summed E-state index contributed by atoms with van der Waals surface area (Å²) in [5, 5.41) is 18.4. The molecule has 0 fully saturated rings. The van der Waals surface area contributed by atoms with Gasteiger partial charge in [-0.1, -0.05) is 0 Å². The van der Waals surface area contributed by atoms with Crippen molar-refractivity contribution >= 4 is 5.91 Å². The van der Waals surface area contributed by atoms with Gasteiger partial charge in [0, 0.05) is 30.8 Å². The molecule has 22 heavy (non-hydrogen) atoms. The average Bonchev–Trinajstić information content (AvgIpc) is 3.06. The predicted octanol–water partition coefficient (Wildman–Crippen LogP) is 1.16. The van der Waals surface area contributed by atoms with E-state index in [2.05, 4.69) is 32.9 Å². The smallest absolute Gasteiger partial charge is 0.220 e. The maximum Gasteiger partial charge on any atom is 0.220 e. The lowest BCUT2D eigenvalue weighted by Crippen LogP contribution is -2.27. The zero-order valence-electron chi connectivity index (χ0n) is 13.6. The van der Waals surface area contributed by atoms with E-state index in [1.165, 1.54) is 0 Å². The minimum Gasteiger partial charge on any atom is -0.349 e. The van der Waals surface area contributed by atoms with Crippen LogP contribution in [0.5, 0.6) is 0 Å². The maximum atomic E-state index is 12.1. The fourth-order valence-electron chi connectivity index (χ4n) is 2.72. The SMILES string of the molecule is CCn1nc(C)c(C(C)NC(=O)CCCn2cnnn2)c1C. The zero-order chi connectivity index (χ0) is 16.1. The fourth-order valence-corrected chi connectivity index (χ4v) is 2.72. The number of hydrogen-bond acceptors (Lipinski definition) is 5. The first-order chi connectivity index (χ1) is 10.5. The highest BCUT2D eigenvalue weighted by atomic mass is 16.1. The number of nitrogens with one attached hydrogen (secondary N) is 1. The summed E-state index contributed by atoms with van der Waals surface area (Å²) in [6.45, 7) is 9.55. The van der Waals surface area contributed by atoms with Crippen LogP contribution >= 0.6 is 0 Å². The third-order valence-electron chi connectivity index (χ3n) is 3.73. The van der Waals surface area contributed by atoms with Crippen LogP contribution in [-0.2, 0) is 17.9 Å². The standard InChI is InChI=1S/C14H23N7O/c1-5-21-12(4)14(11(3)17-21)10(2)16-13(22)7-6-8-20-9-15-18-19-20/h9-10H,5-8H2,1-4H3,(H,16,22). The molecule has 0 bridgehead atoms. The summed E-state index contributed by atoms with van der Waals surface area (Å²) in [7, 11) is 0. The molecule has 2 heterocycles. The van der Waals surface area contributed by atoms with Gasteiger partial charge in [-0.05, 0) is 44.5 Å². The van der Waals surface area contributed by atoms with Gasteiger partial charge in [-0.15, -0.1) is 5.10 Å². The van der Waals surface area contributed by atoms with Gasteiger partial charge < -0.3 is 5.32 Å². The summed E-state index contributed by atoms with van der Waals surface area (Å²) in [6, 6.07) is -0.0409. The Morgan fingerprint density at radius 2 is 2.18 bits per heavy atom. The fraction of sp³-hybridized carbons (Fsp3) is 0.643. The lowest BCUT2D eigenvalue weighted by molar-refractivity contribution is -0.121. The van der Waals surface area contributed by atoms with Gasteiger partial charge >= 0.3 is 0 Å². The Morgan fingerprint density at radius 3 is 2.77 bits per heavy atom. The second-order valence-corrected chi connectivity index (χ2v) is 5.37. The molecule has 1 unspecified atom stereocenters. The van der Waals surface area contributed by atoms with Crippen molar-refractivity contribution in [3.05, 3.63) is 23.3 Å². The summed E-state index contributed by atoms with van der Waals surface area (Å²) in [6.07, 6.45) is 2.70. The molecule has 0 aliphatic heterocycles. The normalized spacial score (nSPS) is 12.4. The Labute approximate surface area is 129 Å². The number of nitrogens with zero attached hydrogens (tertiary/aromatic N) is 6. The summed E-state index contributed by atoms with van der Waals surface area (Å²) in [5.41, 5.74) is 3.19. The van der Waals surface area contributed by atoms with Crippen molar-refractivity contribution in [2.75, 3.05) is 0 Å². The molecule has 0 aromatic carbocycles. The summed E-state index contributed by atoms with van der Waals surface area (Å²) in [5.74, 6) is 0.0311. The summed E-state index contributed by atoms with van der Waals surface area (Å²) in [4.78, 5) is 12.1. The zero-order valence-corrected chi connectivity index (χ0v) is 13.6. The van der Waals surface area contributed by atoms with Gasteiger partial charge in [0.1, 0.15) is 6.33 Å². The van der Waals surface area contributed by atoms with Crippen molar-refractivity contribution in [1.82, 2.24) is 35.3 Å². The molecule has 0 spiro atoms. The Morgan fingerprint density at radius 1 is 1.41 bits per heavy atom. The first-order valence-corrected chi connectivity index (χ1v) is 7.57. The van der Waals surface area contributed by atoms with E-state index in [0.29, 0.717) is 19.4 Å². The second kappa shape index (κ2) is 7.15. The minimum absolute atomic E-state index is 0.0311. The molecule has 2 rings (SSSR count). The van der Waals surface area contributed by atoms with Crippen LogP contribution in [0.2, 0.25) is 0 Å². The van der Waals surface area contributed by atoms with Gasteiger partial charge in [0.2, 0.25) is 5.91 Å². The Balaban J connectivity index is 1.87. The van der Waals surface area contributed by atoms with Gasteiger partial charge in [0.25, 0.3) is 0 Å². The number of carbonyl (C=O) groups is 1. The van der Waals surface area contributed by atoms with Gasteiger partial charge in [0.15, 0.2) is 0 Å². The molecule has 2 aromatic rings. The highest BCUT2D eigenvalue weighted by molar-refractivity contribution is 5.76. The van der Waals surface area contributed by atoms with Crippen molar-refractivity contribution in [2.45, 2.75) is 59.7 Å². The lowest BCUT2D eigenvalue weighted by atomic mass is 10.1. The van der Waals surface area contributed by atoms with E-state index in [-0.39, 0.29) is 11.9 Å². The highest BCUT2D eigenvalue weighted by Crippen LogP contribution is 2.21. The predicted molar refractivity (Wildman–Crippen MR) is 81.0 cm³/mol. The van der Waals surface area contributed by atoms with Crippen LogP contribution in [0.15, 0.2) is 6.33 Å². The van der Waals surface area contributed by atoms with E-state index in [9.17, 15) is 4.79 Å². The number of rotatable bonds is 7. The largest absolute Gasteiger partial charge is 0.349 e. The molecule has 0 radical (unpaired) electrons. The third-order valence-corrected chi connectivity index (χ3v) is 3.73. The molecule has 2 aromatic heterocycles. The van der Waals surface area contributed by atoms with Crippen LogP contribution < -0.4 is 5.32 Å². The van der Waals surface area contributed by atoms with Gasteiger partial charge in [-0.3, -0.25) is 9.48 Å². The Hall–Kier alpha value is -2.25. The molecule has 120 valence electrons. The van der Waals surface area contributed by atoms with Crippen LogP contribution in [0, 0.1) is 13.8 Å². The van der Waals surface area contributed by atoms with Crippen molar-refractivity contribution in [3.63, 3.8) is 0 Å². The van der Waals surface area contributed by atoms with Gasteiger partial charge in [0.05, 0.1) is 11.7 Å². The van der Waals surface area contributed by atoms with E-state index in [1.807, 2.05) is 25.5 Å². The molecule has 1 amide bonds. The Bertz CT molecular complexity index is 617. The lowest BCUT2D eigenvalue weighted by Gasteiger charge is -2.15. The molecular formula is C14H23N7O. The topological polar surface area (TPSA) is 90.5 Å². The maximum absolute atomic E-state index is 12.1. The molecule has 8 heteroatoms. The highest BCUT2D eigenvalue weighted by Gasteiger charge is 2.18. The molecule has 0 aliphatic carbocycles. The molecule has 0 saturated carbocycles. The number of hydrogen-bond donors (Lipinski definition) is 1. The van der Waals surface area contributed by atoms with E-state index < -0.39 is 0 Å². The molecular weight excluding hydrogens is 282 g/mol. The molecule has 1 atom stereocenters. The second-order valence-electron chi connectivity index (χ2n) is 5.37. The number of amides is 1. The van der Waals surface area contributed by atoms with E-state index >= 15 is 0 Å². The monoisotopic (exact) mass is 305 g/mol. The van der Waals surface area contributed by atoms with Crippen molar-refractivity contribution in [3.8, 4) is 0 Å². The number of aryl methyl sites for hydroxylation is 3. The molecule has 0 saturated heterocycles. The molecule has 8 nitrogen and oxygen atoms in total. The van der Waals surface area contributed by atoms with Crippen LogP contribution in [0.1, 0.15) is 49.7 Å². The summed E-state index contributed by atoms with van der Waals surface area (Å²) >= 11 is 0. The first kappa shape index (κ1) is 16.1. The van der Waals surface area contributed by atoms with Crippen LogP contribution in [-0.4, -0.2) is 35.9 Å². The molecule has 0 aliphatic rings. The van der Waals surface area contributed by atoms with E-state index in [1.54, 1.807) is 11.0 Å². The van der Waals surface area contributed by atoms with Crippen molar-refractivity contribution in [1.29, 1.82) is 0 Å². The number of carbonyl (C=O) groups excluding carboxylic acids is 1. The van der Waals surface area contributed by atoms with Gasteiger partial charge in [-0.25, -0.2) is 4.68 Å². The van der Waals surface area contributed by atoms with Gasteiger partial charge in [-0.2, -0.15) is 5.10 Å². The van der Waals surface area contributed by atoms with E-state index in [4.69, 9.17) is 0 Å². The van der Waals surface area contributed by atoms with E-state index in [0.717, 1.165) is 23.5 Å². The Kier molecular flexibility index (Phi) is 5.24.